The third-order valence-corrected chi connectivity index (χ3v) is 9.01. The molecule has 2 aromatic rings. The van der Waals surface area contributed by atoms with Crippen molar-refractivity contribution in [2.45, 2.75) is 78.0 Å². The first kappa shape index (κ1) is 23.7. The lowest BCUT2D eigenvalue weighted by atomic mass is 9.86. The summed E-state index contributed by atoms with van der Waals surface area (Å²) in [6, 6.07) is -0.304. The molecule has 1 atom stereocenters. The molecule has 0 saturated heterocycles. The fraction of sp³-hybridized carbons (Fsp3) is 0.565. The van der Waals surface area contributed by atoms with Crippen molar-refractivity contribution in [1.82, 2.24) is 10.6 Å². The topological polar surface area (TPSA) is 79.5 Å². The molecular weight excluding hydrogens is 510 g/mol. The maximum atomic E-state index is 13.1. The summed E-state index contributed by atoms with van der Waals surface area (Å²) >= 11 is 6.89. The Balaban J connectivity index is 1.53. The molecule has 1 aliphatic carbocycles. The third kappa shape index (κ3) is 5.05. The Hall–Kier alpha value is -1.42. The second-order valence-corrected chi connectivity index (χ2v) is 13.0. The lowest BCUT2D eigenvalue weighted by Crippen LogP contribution is -2.30. The molecule has 0 saturated carbocycles. The second kappa shape index (κ2) is 9.44. The predicted octanol–water partition coefficient (Wildman–Crippen LogP) is 5.93. The van der Waals surface area contributed by atoms with Gasteiger partial charge in [-0.2, -0.15) is 0 Å². The normalized spacial score (nSPS) is 18.0. The van der Waals surface area contributed by atoms with E-state index >= 15 is 0 Å². The Bertz CT molecular complexity index is 1040. The number of halogens is 1. The van der Waals surface area contributed by atoms with E-state index < -0.39 is 5.60 Å². The number of esters is 1. The first-order chi connectivity index (χ1) is 15.1. The van der Waals surface area contributed by atoms with E-state index in [0.717, 1.165) is 53.7 Å². The van der Waals surface area contributed by atoms with Crippen LogP contribution < -0.4 is 16.0 Å². The van der Waals surface area contributed by atoms with Crippen LogP contribution in [0, 0.1) is 0 Å². The summed E-state index contributed by atoms with van der Waals surface area (Å²) < 4.78 is 6.77. The van der Waals surface area contributed by atoms with E-state index in [1.165, 1.54) is 26.7 Å². The number of carbonyl (C=O) groups excluding carboxylic acids is 2. The molecule has 6 nitrogen and oxygen atoms in total. The molecule has 1 aliphatic heterocycles. The van der Waals surface area contributed by atoms with Crippen molar-refractivity contribution in [2.24, 2.45) is 0 Å². The molecule has 2 aromatic heterocycles. The van der Waals surface area contributed by atoms with Crippen LogP contribution in [-0.4, -0.2) is 24.1 Å². The highest BCUT2D eigenvalue weighted by atomic mass is 79.9. The van der Waals surface area contributed by atoms with Gasteiger partial charge in [0.1, 0.15) is 10.6 Å². The van der Waals surface area contributed by atoms with Crippen molar-refractivity contribution < 1.29 is 14.3 Å². The summed E-state index contributed by atoms with van der Waals surface area (Å²) in [5.41, 5.74) is 3.46. The number of urea groups is 1. The van der Waals surface area contributed by atoms with Gasteiger partial charge in [-0.15, -0.1) is 22.7 Å². The Morgan fingerprint density at radius 3 is 2.75 bits per heavy atom. The molecule has 0 fully saturated rings. The Morgan fingerprint density at radius 1 is 1.22 bits per heavy atom. The zero-order chi connectivity index (χ0) is 23.0. The summed E-state index contributed by atoms with van der Waals surface area (Å²) in [4.78, 5) is 28.5. The van der Waals surface area contributed by atoms with Crippen LogP contribution in [-0.2, 0) is 30.7 Å². The SMILES string of the molecule is CC1CCCc2sc(NC(=O)NCc3c(Br)sc4c3CCNC4)c(C(=O)OC(C)(C)C)c21. The molecule has 0 aromatic carbocycles. The number of carbonyl (C=O) groups is 2. The van der Waals surface area contributed by atoms with Gasteiger partial charge in [-0.25, -0.2) is 9.59 Å². The van der Waals surface area contributed by atoms with Crippen LogP contribution in [0.5, 0.6) is 0 Å². The summed E-state index contributed by atoms with van der Waals surface area (Å²) in [5, 5.41) is 9.93. The number of ether oxygens (including phenoxy) is 1. The zero-order valence-corrected chi connectivity index (χ0v) is 22.2. The average molecular weight is 541 g/mol. The minimum absolute atomic E-state index is 0.276. The van der Waals surface area contributed by atoms with Crippen molar-refractivity contribution in [3.63, 3.8) is 0 Å². The number of nitrogens with one attached hydrogen (secondary N) is 3. The monoisotopic (exact) mass is 539 g/mol. The Morgan fingerprint density at radius 2 is 2.00 bits per heavy atom. The largest absolute Gasteiger partial charge is 0.456 e. The van der Waals surface area contributed by atoms with Crippen LogP contribution >= 0.6 is 38.6 Å². The number of hydrogen-bond acceptors (Lipinski definition) is 6. The van der Waals surface area contributed by atoms with Gasteiger partial charge in [-0.1, -0.05) is 6.92 Å². The molecule has 0 radical (unpaired) electrons. The number of hydrogen-bond donors (Lipinski definition) is 3. The molecule has 9 heteroatoms. The van der Waals surface area contributed by atoms with E-state index in [1.54, 1.807) is 11.3 Å². The van der Waals surface area contributed by atoms with Crippen molar-refractivity contribution in [1.29, 1.82) is 0 Å². The van der Waals surface area contributed by atoms with Gasteiger partial charge in [0.2, 0.25) is 0 Å². The van der Waals surface area contributed by atoms with Gasteiger partial charge in [-0.3, -0.25) is 5.32 Å². The molecular formula is C23H30BrN3O3S2. The molecule has 174 valence electrons. The quantitative estimate of drug-likeness (QED) is 0.420. The Labute approximate surface area is 205 Å². The van der Waals surface area contributed by atoms with Gasteiger partial charge in [0.05, 0.1) is 9.35 Å². The van der Waals surface area contributed by atoms with Crippen molar-refractivity contribution in [3.05, 3.63) is 35.8 Å². The van der Waals surface area contributed by atoms with Crippen molar-refractivity contribution in [2.75, 3.05) is 11.9 Å². The maximum Gasteiger partial charge on any atom is 0.341 e. The van der Waals surface area contributed by atoms with Gasteiger partial charge in [0.15, 0.2) is 0 Å². The van der Waals surface area contributed by atoms with Crippen molar-refractivity contribution in [3.8, 4) is 0 Å². The van der Waals surface area contributed by atoms with Crippen LogP contribution in [0.3, 0.4) is 0 Å². The molecule has 4 rings (SSSR count). The highest BCUT2D eigenvalue weighted by molar-refractivity contribution is 9.11. The lowest BCUT2D eigenvalue weighted by molar-refractivity contribution is 0.00694. The minimum atomic E-state index is -0.595. The first-order valence-electron chi connectivity index (χ1n) is 11.1. The van der Waals surface area contributed by atoms with E-state index in [2.05, 4.69) is 38.8 Å². The number of anilines is 1. The van der Waals surface area contributed by atoms with Crippen molar-refractivity contribution >= 4 is 55.6 Å². The molecule has 0 bridgehead atoms. The van der Waals surface area contributed by atoms with Crippen LogP contribution in [0.4, 0.5) is 9.80 Å². The number of aryl methyl sites for hydroxylation is 1. The van der Waals surface area contributed by atoms with E-state index in [9.17, 15) is 9.59 Å². The van der Waals surface area contributed by atoms with Gasteiger partial charge >= 0.3 is 12.0 Å². The Kier molecular flexibility index (Phi) is 7.00. The molecule has 2 aliphatic rings. The average Bonchev–Trinajstić information content (AvgIpc) is 3.22. The van der Waals surface area contributed by atoms with E-state index in [4.69, 9.17) is 4.74 Å². The van der Waals surface area contributed by atoms with E-state index in [0.29, 0.717) is 17.1 Å². The molecule has 32 heavy (non-hydrogen) atoms. The van der Waals surface area contributed by atoms with Gasteiger partial charge in [0.25, 0.3) is 0 Å². The molecule has 3 N–H and O–H groups in total. The van der Waals surface area contributed by atoms with Gasteiger partial charge in [0, 0.05) is 22.8 Å². The highest BCUT2D eigenvalue weighted by Gasteiger charge is 2.32. The molecule has 2 amide bonds. The summed E-state index contributed by atoms with van der Waals surface area (Å²) in [6.07, 6.45) is 4.04. The molecule has 0 spiro atoms. The predicted molar refractivity (Wildman–Crippen MR) is 134 cm³/mol. The summed E-state index contributed by atoms with van der Waals surface area (Å²) in [5.74, 6) is -0.0841. The number of thiophene rings is 2. The standard InChI is InChI=1S/C23H30BrN3O3S2/c1-12-6-5-7-15-17(12)18(21(28)30-23(2,3)4)20(32-15)27-22(29)26-10-14-13-8-9-25-11-16(13)31-19(14)24/h12,25H,5-11H2,1-4H3,(H2,26,27,29). The molecule has 3 heterocycles. The number of fused-ring (bicyclic) bond motifs is 2. The lowest BCUT2D eigenvalue weighted by Gasteiger charge is -2.23. The van der Waals surface area contributed by atoms with Gasteiger partial charge in [-0.05, 0) is 91.5 Å². The number of rotatable bonds is 4. The summed E-state index contributed by atoms with van der Waals surface area (Å²) in [6.45, 7) is 10.0. The highest BCUT2D eigenvalue weighted by Crippen LogP contribution is 2.44. The number of amides is 2. The zero-order valence-electron chi connectivity index (χ0n) is 18.9. The fourth-order valence-corrected chi connectivity index (χ4v) is 7.76. The third-order valence-electron chi connectivity index (χ3n) is 5.80. The van der Waals surface area contributed by atoms with Crippen LogP contribution in [0.15, 0.2) is 3.79 Å². The molecule has 1 unspecified atom stereocenters. The van der Waals surface area contributed by atoms with Crippen LogP contribution in [0.2, 0.25) is 0 Å². The minimum Gasteiger partial charge on any atom is -0.456 e. The van der Waals surface area contributed by atoms with Gasteiger partial charge < -0.3 is 15.4 Å². The maximum absolute atomic E-state index is 13.1. The first-order valence-corrected chi connectivity index (χ1v) is 13.5. The van der Waals surface area contributed by atoms with Crippen LogP contribution in [0.25, 0.3) is 0 Å². The summed E-state index contributed by atoms with van der Waals surface area (Å²) in [7, 11) is 0. The van der Waals surface area contributed by atoms with E-state index in [1.807, 2.05) is 20.8 Å². The van der Waals surface area contributed by atoms with E-state index in [-0.39, 0.29) is 17.9 Å². The fourth-order valence-electron chi connectivity index (χ4n) is 4.39. The smallest absolute Gasteiger partial charge is 0.341 e. The van der Waals surface area contributed by atoms with Crippen LogP contribution in [0.1, 0.15) is 83.3 Å². The second-order valence-electron chi connectivity index (χ2n) is 9.43.